The number of hydrogen-bond acceptors (Lipinski definition) is 4. The molecule has 1 aromatic heterocycles. The maximum absolute atomic E-state index is 11.8. The van der Waals surface area contributed by atoms with Crippen LogP contribution in [0.15, 0.2) is 84.0 Å². The van der Waals surface area contributed by atoms with Gasteiger partial charge in [0.05, 0.1) is 0 Å². The van der Waals surface area contributed by atoms with Crippen molar-refractivity contribution in [3.05, 3.63) is 84.7 Å². The first-order valence-corrected chi connectivity index (χ1v) is 12.6. The molecular formula is C27H34N4OS. The van der Waals surface area contributed by atoms with Crippen molar-refractivity contribution in [3.63, 3.8) is 0 Å². The Labute approximate surface area is 201 Å². The van der Waals surface area contributed by atoms with Crippen LogP contribution in [-0.2, 0) is 6.54 Å². The van der Waals surface area contributed by atoms with Gasteiger partial charge in [-0.3, -0.25) is 9.71 Å². The molecule has 0 aliphatic heterocycles. The van der Waals surface area contributed by atoms with Crippen molar-refractivity contribution in [1.82, 2.24) is 20.3 Å². The number of rotatable bonds is 14. The van der Waals surface area contributed by atoms with Crippen molar-refractivity contribution in [2.75, 3.05) is 13.1 Å². The predicted molar refractivity (Wildman–Crippen MR) is 138 cm³/mol. The number of hydrogen-bond donors (Lipinski definition) is 3. The Bertz CT molecular complexity index is 937. The van der Waals surface area contributed by atoms with E-state index in [9.17, 15) is 4.79 Å². The summed E-state index contributed by atoms with van der Waals surface area (Å²) in [7, 11) is 0. The minimum Gasteiger partial charge on any atom is -0.338 e. The van der Waals surface area contributed by atoms with E-state index in [1.54, 1.807) is 24.3 Å². The summed E-state index contributed by atoms with van der Waals surface area (Å²) in [6, 6.07) is 22.8. The van der Waals surface area contributed by atoms with E-state index in [1.807, 2.05) is 12.1 Å². The van der Waals surface area contributed by atoms with Crippen LogP contribution in [0.3, 0.4) is 0 Å². The number of carbonyl (C=O) groups is 1. The zero-order chi connectivity index (χ0) is 23.0. The second-order valence-electron chi connectivity index (χ2n) is 7.95. The maximum atomic E-state index is 11.8. The summed E-state index contributed by atoms with van der Waals surface area (Å²) in [6.07, 6.45) is 10.5. The fraction of sp³-hybridized carbons (Fsp3) is 0.333. The average molecular weight is 463 g/mol. The molecular weight excluding hydrogens is 428 g/mol. The monoisotopic (exact) mass is 462 g/mol. The largest absolute Gasteiger partial charge is 0.338 e. The topological polar surface area (TPSA) is 66.1 Å². The Hall–Kier alpha value is -2.83. The van der Waals surface area contributed by atoms with E-state index >= 15 is 0 Å². The number of benzene rings is 2. The van der Waals surface area contributed by atoms with Crippen LogP contribution in [0.2, 0.25) is 0 Å². The standard InChI is InChI=1S/C27H34N4OS/c32-27(30-22-23-13-12-18-28-21-23)29-19-10-3-1-2-4-11-20-31-33-26-17-9-8-16-25(26)24-14-6-5-7-15-24/h5-9,12-18,21,31H,1-4,10-11,19-20,22H2,(H2,29,30,32). The number of aromatic nitrogens is 1. The van der Waals surface area contributed by atoms with Crippen LogP contribution in [0.25, 0.3) is 11.1 Å². The highest BCUT2D eigenvalue weighted by Crippen LogP contribution is 2.29. The fourth-order valence-corrected chi connectivity index (χ4v) is 4.36. The third-order valence-electron chi connectivity index (χ3n) is 5.32. The van der Waals surface area contributed by atoms with E-state index < -0.39 is 0 Å². The first-order chi connectivity index (χ1) is 16.3. The Morgan fingerprint density at radius 3 is 2.27 bits per heavy atom. The van der Waals surface area contributed by atoms with Gasteiger partial charge in [-0.1, -0.05) is 80.3 Å². The van der Waals surface area contributed by atoms with Crippen LogP contribution in [0, 0.1) is 0 Å². The molecule has 174 valence electrons. The summed E-state index contributed by atoms with van der Waals surface area (Å²) in [5.41, 5.74) is 3.53. The first kappa shape index (κ1) is 24.8. The van der Waals surface area contributed by atoms with Crippen LogP contribution < -0.4 is 15.4 Å². The minimum atomic E-state index is -0.115. The molecule has 0 fully saturated rings. The van der Waals surface area contributed by atoms with E-state index in [-0.39, 0.29) is 6.03 Å². The van der Waals surface area contributed by atoms with Crippen LogP contribution in [0.1, 0.15) is 44.1 Å². The van der Waals surface area contributed by atoms with Crippen molar-refractivity contribution in [2.45, 2.75) is 50.0 Å². The van der Waals surface area contributed by atoms with E-state index in [0.29, 0.717) is 6.54 Å². The molecule has 6 heteroatoms. The smallest absolute Gasteiger partial charge is 0.315 e. The summed E-state index contributed by atoms with van der Waals surface area (Å²) in [6.45, 7) is 2.23. The number of amides is 2. The molecule has 0 aliphatic rings. The molecule has 1 heterocycles. The summed E-state index contributed by atoms with van der Waals surface area (Å²) in [4.78, 5) is 17.1. The Morgan fingerprint density at radius 2 is 1.48 bits per heavy atom. The van der Waals surface area contributed by atoms with Crippen molar-refractivity contribution >= 4 is 18.0 Å². The van der Waals surface area contributed by atoms with Gasteiger partial charge in [-0.05, 0) is 53.6 Å². The highest BCUT2D eigenvalue weighted by molar-refractivity contribution is 7.97. The van der Waals surface area contributed by atoms with Gasteiger partial charge in [-0.25, -0.2) is 4.79 Å². The quantitative estimate of drug-likeness (QED) is 0.198. The summed E-state index contributed by atoms with van der Waals surface area (Å²) >= 11 is 1.72. The molecule has 0 atom stereocenters. The molecule has 3 aromatic rings. The third kappa shape index (κ3) is 9.68. The van der Waals surface area contributed by atoms with Gasteiger partial charge in [-0.15, -0.1) is 0 Å². The lowest BCUT2D eigenvalue weighted by Crippen LogP contribution is -2.35. The molecule has 5 nitrogen and oxygen atoms in total. The van der Waals surface area contributed by atoms with Crippen molar-refractivity contribution in [3.8, 4) is 11.1 Å². The molecule has 0 saturated heterocycles. The lowest BCUT2D eigenvalue weighted by atomic mass is 10.1. The molecule has 0 spiro atoms. The highest BCUT2D eigenvalue weighted by atomic mass is 32.2. The van der Waals surface area contributed by atoms with E-state index in [4.69, 9.17) is 0 Å². The zero-order valence-corrected chi connectivity index (χ0v) is 19.9. The molecule has 0 bridgehead atoms. The normalized spacial score (nSPS) is 10.7. The van der Waals surface area contributed by atoms with Gasteiger partial charge >= 0.3 is 6.03 Å². The first-order valence-electron chi connectivity index (χ1n) is 11.8. The second-order valence-corrected chi connectivity index (χ2v) is 8.88. The SMILES string of the molecule is O=C(NCCCCCCCCNSc1ccccc1-c1ccccc1)NCc1cccnc1. The Morgan fingerprint density at radius 1 is 0.758 bits per heavy atom. The number of pyridine rings is 1. The van der Waals surface area contributed by atoms with Gasteiger partial charge in [0.15, 0.2) is 0 Å². The second kappa shape index (κ2) is 15.1. The summed E-state index contributed by atoms with van der Waals surface area (Å²) in [5, 5.41) is 5.78. The fourth-order valence-electron chi connectivity index (χ4n) is 3.52. The highest BCUT2D eigenvalue weighted by Gasteiger charge is 2.04. The maximum Gasteiger partial charge on any atom is 0.315 e. The molecule has 2 amide bonds. The number of unbranched alkanes of at least 4 members (excludes halogenated alkanes) is 5. The molecule has 3 N–H and O–H groups in total. The zero-order valence-electron chi connectivity index (χ0n) is 19.1. The number of urea groups is 1. The van der Waals surface area contributed by atoms with Crippen LogP contribution in [0.5, 0.6) is 0 Å². The molecule has 0 radical (unpaired) electrons. The molecule has 0 saturated carbocycles. The van der Waals surface area contributed by atoms with Gasteiger partial charge in [0.2, 0.25) is 0 Å². The Kier molecular flexibility index (Phi) is 11.3. The van der Waals surface area contributed by atoms with Crippen LogP contribution in [-0.4, -0.2) is 24.1 Å². The van der Waals surface area contributed by atoms with Gasteiger partial charge in [0.25, 0.3) is 0 Å². The van der Waals surface area contributed by atoms with Gasteiger partial charge in [-0.2, -0.15) is 0 Å². The minimum absolute atomic E-state index is 0.115. The molecule has 2 aromatic carbocycles. The van der Waals surface area contributed by atoms with E-state index in [0.717, 1.165) is 31.5 Å². The lowest BCUT2D eigenvalue weighted by Gasteiger charge is -2.10. The molecule has 3 rings (SSSR count). The molecule has 0 unspecified atom stereocenters. The Balaban J connectivity index is 1.17. The average Bonchev–Trinajstić information content (AvgIpc) is 2.87. The van der Waals surface area contributed by atoms with Crippen LogP contribution in [0.4, 0.5) is 4.79 Å². The van der Waals surface area contributed by atoms with Crippen LogP contribution >= 0.6 is 11.9 Å². The number of nitrogens with one attached hydrogen (secondary N) is 3. The lowest BCUT2D eigenvalue weighted by molar-refractivity contribution is 0.240. The van der Waals surface area contributed by atoms with Gasteiger partial charge in [0.1, 0.15) is 0 Å². The predicted octanol–water partition coefficient (Wildman–Crippen LogP) is 6.19. The number of nitrogens with zero attached hydrogens (tertiary/aromatic N) is 1. The molecule has 33 heavy (non-hydrogen) atoms. The number of carbonyl (C=O) groups excluding carboxylic acids is 1. The molecule has 0 aliphatic carbocycles. The van der Waals surface area contributed by atoms with Crippen molar-refractivity contribution in [2.24, 2.45) is 0 Å². The third-order valence-corrected chi connectivity index (χ3v) is 6.25. The van der Waals surface area contributed by atoms with Gasteiger partial charge < -0.3 is 10.6 Å². The summed E-state index contributed by atoms with van der Waals surface area (Å²) in [5.74, 6) is 0. The van der Waals surface area contributed by atoms with E-state index in [2.05, 4.69) is 74.9 Å². The summed E-state index contributed by atoms with van der Waals surface area (Å²) < 4.78 is 3.52. The van der Waals surface area contributed by atoms with Gasteiger partial charge in [0, 0.05) is 36.9 Å². The van der Waals surface area contributed by atoms with Crippen molar-refractivity contribution < 1.29 is 4.79 Å². The van der Waals surface area contributed by atoms with E-state index in [1.165, 1.54) is 41.7 Å². The van der Waals surface area contributed by atoms with Crippen molar-refractivity contribution in [1.29, 1.82) is 0 Å².